The molecule has 0 saturated carbocycles. The normalized spacial score (nSPS) is 14.0. The Hall–Kier alpha value is -1.24. The fourth-order valence-corrected chi connectivity index (χ4v) is 0.648. The summed E-state index contributed by atoms with van der Waals surface area (Å²) < 4.78 is 0. The Kier molecular flexibility index (Phi) is 4.91. The molecule has 1 nitrogen and oxygen atoms in total. The summed E-state index contributed by atoms with van der Waals surface area (Å²) >= 11 is 0. The van der Waals surface area contributed by atoms with Gasteiger partial charge in [-0.05, 0) is 13.8 Å². The van der Waals surface area contributed by atoms with Crippen LogP contribution >= 0.6 is 0 Å². The lowest BCUT2D eigenvalue weighted by atomic mass is 10.2. The van der Waals surface area contributed by atoms with Crippen LogP contribution in [0.2, 0.25) is 0 Å². The first-order valence-electron chi connectivity index (χ1n) is 3.54. The maximum Gasteiger partial charge on any atom is 0.0963 e. The molecule has 0 aliphatic rings. The molecular formula is C10H14O. The summed E-state index contributed by atoms with van der Waals surface area (Å²) in [5.41, 5.74) is 0.812. The number of aliphatic hydroxyl groups excluding tert-OH is 1. The zero-order valence-electron chi connectivity index (χ0n) is 7.04. The van der Waals surface area contributed by atoms with Crippen molar-refractivity contribution in [3.05, 3.63) is 48.3 Å². The monoisotopic (exact) mass is 150 g/mol. The first-order valence-corrected chi connectivity index (χ1v) is 3.54. The first-order chi connectivity index (χ1) is 5.22. The number of rotatable bonds is 3. The molecule has 0 bridgehead atoms. The summed E-state index contributed by atoms with van der Waals surface area (Å²) in [6, 6.07) is 0. The van der Waals surface area contributed by atoms with Crippen LogP contribution in [-0.2, 0) is 0 Å². The van der Waals surface area contributed by atoms with E-state index in [2.05, 4.69) is 6.58 Å². The molecule has 0 amide bonds. The highest BCUT2D eigenvalue weighted by atomic mass is 16.3. The Morgan fingerprint density at radius 3 is 2.36 bits per heavy atom. The highest BCUT2D eigenvalue weighted by molar-refractivity contribution is 5.33. The average Bonchev–Trinajstić information content (AvgIpc) is 1.97. The van der Waals surface area contributed by atoms with Gasteiger partial charge in [0.15, 0.2) is 0 Å². The van der Waals surface area contributed by atoms with E-state index in [0.717, 1.165) is 5.57 Å². The van der Waals surface area contributed by atoms with E-state index in [-0.39, 0.29) is 0 Å². The fourth-order valence-electron chi connectivity index (χ4n) is 0.648. The second kappa shape index (κ2) is 5.54. The maximum absolute atomic E-state index is 9.11. The molecule has 0 spiro atoms. The molecule has 1 N–H and O–H groups in total. The predicted octanol–water partition coefficient (Wildman–Crippen LogP) is 3.14. The third-order valence-electron chi connectivity index (χ3n) is 1.18. The lowest BCUT2D eigenvalue weighted by molar-refractivity contribution is 0.411. The van der Waals surface area contributed by atoms with Crippen molar-refractivity contribution >= 4 is 0 Å². The Morgan fingerprint density at radius 2 is 2.00 bits per heavy atom. The molecule has 0 aliphatic carbocycles. The summed E-state index contributed by atoms with van der Waals surface area (Å²) in [5, 5.41) is 9.11. The van der Waals surface area contributed by atoms with Crippen LogP contribution in [-0.4, -0.2) is 5.11 Å². The van der Waals surface area contributed by atoms with E-state index in [1.165, 1.54) is 0 Å². The van der Waals surface area contributed by atoms with Crippen molar-refractivity contribution < 1.29 is 5.11 Å². The van der Waals surface area contributed by atoms with Crippen LogP contribution in [0.25, 0.3) is 0 Å². The Morgan fingerprint density at radius 1 is 1.36 bits per heavy atom. The topological polar surface area (TPSA) is 20.2 Å². The molecule has 0 rings (SSSR count). The van der Waals surface area contributed by atoms with Crippen molar-refractivity contribution in [2.45, 2.75) is 13.8 Å². The summed E-state index contributed by atoms with van der Waals surface area (Å²) in [4.78, 5) is 0. The SMILES string of the molecule is C=C\C=C/C(/C=C/C)=C(\C)O. The molecular weight excluding hydrogens is 136 g/mol. The van der Waals surface area contributed by atoms with Crippen LogP contribution < -0.4 is 0 Å². The lowest BCUT2D eigenvalue weighted by Gasteiger charge is -1.94. The van der Waals surface area contributed by atoms with Crippen LogP contribution in [0.15, 0.2) is 48.3 Å². The van der Waals surface area contributed by atoms with Crippen molar-refractivity contribution in [3.63, 3.8) is 0 Å². The lowest BCUT2D eigenvalue weighted by Crippen LogP contribution is -1.78. The van der Waals surface area contributed by atoms with Gasteiger partial charge in [0.05, 0.1) is 5.76 Å². The highest BCUT2D eigenvalue weighted by Crippen LogP contribution is 2.04. The molecule has 1 heteroatoms. The summed E-state index contributed by atoms with van der Waals surface area (Å²) in [7, 11) is 0. The first kappa shape index (κ1) is 9.76. The second-order valence-corrected chi connectivity index (χ2v) is 2.14. The minimum absolute atomic E-state index is 0.321. The molecule has 0 saturated heterocycles. The van der Waals surface area contributed by atoms with Gasteiger partial charge >= 0.3 is 0 Å². The summed E-state index contributed by atoms with van der Waals surface area (Å²) in [6.45, 7) is 7.10. The van der Waals surface area contributed by atoms with Gasteiger partial charge in [0.1, 0.15) is 0 Å². The minimum atomic E-state index is 0.321. The van der Waals surface area contributed by atoms with Gasteiger partial charge in [-0.15, -0.1) is 0 Å². The van der Waals surface area contributed by atoms with Crippen molar-refractivity contribution in [1.82, 2.24) is 0 Å². The second-order valence-electron chi connectivity index (χ2n) is 2.14. The quantitative estimate of drug-likeness (QED) is 0.484. The number of allylic oxidation sites excluding steroid dienone is 7. The Labute approximate surface area is 68.1 Å². The van der Waals surface area contributed by atoms with Crippen LogP contribution in [0.4, 0.5) is 0 Å². The van der Waals surface area contributed by atoms with Gasteiger partial charge in [-0.3, -0.25) is 0 Å². The van der Waals surface area contributed by atoms with E-state index < -0.39 is 0 Å². The van der Waals surface area contributed by atoms with Gasteiger partial charge in [0.2, 0.25) is 0 Å². The minimum Gasteiger partial charge on any atom is -0.512 e. The van der Waals surface area contributed by atoms with Crippen molar-refractivity contribution in [2.24, 2.45) is 0 Å². The molecule has 0 atom stereocenters. The number of hydrogen-bond acceptors (Lipinski definition) is 1. The van der Waals surface area contributed by atoms with E-state index in [1.807, 2.05) is 25.2 Å². The van der Waals surface area contributed by atoms with Gasteiger partial charge in [-0.2, -0.15) is 0 Å². The molecule has 0 fully saturated rings. The van der Waals surface area contributed by atoms with Crippen molar-refractivity contribution in [3.8, 4) is 0 Å². The Balaban J connectivity index is 4.49. The van der Waals surface area contributed by atoms with E-state index in [1.54, 1.807) is 19.1 Å². The predicted molar refractivity (Wildman–Crippen MR) is 49.5 cm³/mol. The molecule has 0 unspecified atom stereocenters. The third-order valence-corrected chi connectivity index (χ3v) is 1.18. The van der Waals surface area contributed by atoms with Gasteiger partial charge in [0, 0.05) is 5.57 Å². The van der Waals surface area contributed by atoms with Crippen molar-refractivity contribution in [1.29, 1.82) is 0 Å². The molecule has 0 aromatic carbocycles. The highest BCUT2D eigenvalue weighted by Gasteiger charge is 1.88. The molecule has 0 aromatic heterocycles. The van der Waals surface area contributed by atoms with Crippen molar-refractivity contribution in [2.75, 3.05) is 0 Å². The standard InChI is InChI=1S/C10H14O/c1-4-6-8-10(7-5-2)9(3)11/h4-8,11H,1H2,2-3H3/b7-5+,8-6-,10-9+. The van der Waals surface area contributed by atoms with Crippen LogP contribution in [0.5, 0.6) is 0 Å². The van der Waals surface area contributed by atoms with Gasteiger partial charge in [0.25, 0.3) is 0 Å². The van der Waals surface area contributed by atoms with Gasteiger partial charge < -0.3 is 5.11 Å². The fraction of sp³-hybridized carbons (Fsp3) is 0.200. The molecule has 0 aromatic rings. The van der Waals surface area contributed by atoms with E-state index in [0.29, 0.717) is 5.76 Å². The van der Waals surface area contributed by atoms with E-state index in [4.69, 9.17) is 5.11 Å². The summed E-state index contributed by atoms with van der Waals surface area (Å²) in [5.74, 6) is 0.321. The van der Waals surface area contributed by atoms with Crippen LogP contribution in [0.1, 0.15) is 13.8 Å². The van der Waals surface area contributed by atoms with Gasteiger partial charge in [-0.25, -0.2) is 0 Å². The van der Waals surface area contributed by atoms with Gasteiger partial charge in [-0.1, -0.05) is 37.0 Å². The van der Waals surface area contributed by atoms with E-state index >= 15 is 0 Å². The maximum atomic E-state index is 9.11. The smallest absolute Gasteiger partial charge is 0.0963 e. The molecule has 0 aliphatic heterocycles. The average molecular weight is 150 g/mol. The number of hydrogen-bond donors (Lipinski definition) is 1. The largest absolute Gasteiger partial charge is 0.512 e. The van der Waals surface area contributed by atoms with E-state index in [9.17, 15) is 0 Å². The molecule has 11 heavy (non-hydrogen) atoms. The molecule has 0 radical (unpaired) electrons. The zero-order chi connectivity index (χ0) is 8.69. The Bertz CT molecular complexity index is 203. The molecule has 0 heterocycles. The zero-order valence-corrected chi connectivity index (χ0v) is 7.04. The van der Waals surface area contributed by atoms with Crippen LogP contribution in [0.3, 0.4) is 0 Å². The summed E-state index contributed by atoms with van der Waals surface area (Å²) in [6.07, 6.45) is 8.99. The van der Waals surface area contributed by atoms with Crippen LogP contribution in [0, 0.1) is 0 Å². The number of aliphatic hydroxyl groups is 1. The molecule has 60 valence electrons. The third kappa shape index (κ3) is 4.20.